The van der Waals surface area contributed by atoms with E-state index in [-0.39, 0.29) is 12.4 Å². The smallest absolute Gasteiger partial charge is 0.0489 e. The molecule has 1 aromatic heterocycles. The number of hydrogen-bond donors (Lipinski definition) is 0. The molecule has 2 nitrogen and oxygen atoms in total. The van der Waals surface area contributed by atoms with Crippen molar-refractivity contribution in [2.75, 3.05) is 0 Å². The van der Waals surface area contributed by atoms with Crippen LogP contribution in [0.25, 0.3) is 0 Å². The molecular formula is C9H17ClN2. The van der Waals surface area contributed by atoms with Gasteiger partial charge < -0.3 is 0 Å². The van der Waals surface area contributed by atoms with E-state index in [4.69, 9.17) is 0 Å². The van der Waals surface area contributed by atoms with Crippen molar-refractivity contribution in [3.63, 3.8) is 0 Å². The summed E-state index contributed by atoms with van der Waals surface area (Å²) in [6, 6.07) is 1.97. The van der Waals surface area contributed by atoms with Crippen LogP contribution < -0.4 is 0 Å². The van der Waals surface area contributed by atoms with Gasteiger partial charge in [0.05, 0.1) is 0 Å². The Morgan fingerprint density at radius 1 is 1.25 bits per heavy atom. The van der Waals surface area contributed by atoms with Gasteiger partial charge in [0.25, 0.3) is 0 Å². The van der Waals surface area contributed by atoms with Gasteiger partial charge in [-0.15, -0.1) is 12.4 Å². The lowest BCUT2D eigenvalue weighted by molar-refractivity contribution is 0.541. The molecular weight excluding hydrogens is 172 g/mol. The van der Waals surface area contributed by atoms with Crippen molar-refractivity contribution in [2.24, 2.45) is 0 Å². The second kappa shape index (κ2) is 7.17. The maximum atomic E-state index is 4.13. The first-order valence-corrected chi connectivity index (χ1v) is 4.41. The molecule has 1 heterocycles. The summed E-state index contributed by atoms with van der Waals surface area (Å²) in [5, 5.41) is 4.13. The van der Waals surface area contributed by atoms with Crippen molar-refractivity contribution in [3.8, 4) is 0 Å². The van der Waals surface area contributed by atoms with Crippen LogP contribution in [0.4, 0.5) is 0 Å². The first kappa shape index (κ1) is 11.5. The van der Waals surface area contributed by atoms with E-state index < -0.39 is 0 Å². The molecule has 0 bridgehead atoms. The van der Waals surface area contributed by atoms with E-state index in [2.05, 4.69) is 12.0 Å². The Balaban J connectivity index is 0.00000121. The average Bonchev–Trinajstić information content (AvgIpc) is 2.50. The lowest BCUT2D eigenvalue weighted by Crippen LogP contribution is -1.97. The second-order valence-electron chi connectivity index (χ2n) is 2.83. The highest BCUT2D eigenvalue weighted by atomic mass is 35.5. The van der Waals surface area contributed by atoms with Gasteiger partial charge in [0.1, 0.15) is 0 Å². The molecule has 0 N–H and O–H groups in total. The minimum Gasteiger partial charge on any atom is -0.273 e. The van der Waals surface area contributed by atoms with Gasteiger partial charge in [0.15, 0.2) is 0 Å². The minimum absolute atomic E-state index is 0. The normalized spacial score (nSPS) is 9.42. The molecule has 0 spiro atoms. The maximum absolute atomic E-state index is 4.13. The molecule has 0 saturated heterocycles. The number of halogens is 1. The van der Waals surface area contributed by atoms with E-state index in [1.165, 1.54) is 25.7 Å². The molecule has 0 aromatic carbocycles. The van der Waals surface area contributed by atoms with E-state index >= 15 is 0 Å². The molecule has 0 aliphatic heterocycles. The van der Waals surface area contributed by atoms with Crippen molar-refractivity contribution in [1.29, 1.82) is 0 Å². The minimum atomic E-state index is 0. The zero-order valence-corrected chi connectivity index (χ0v) is 8.39. The fraction of sp³-hybridized carbons (Fsp3) is 0.667. The first-order chi connectivity index (χ1) is 5.43. The van der Waals surface area contributed by atoms with E-state index in [0.29, 0.717) is 0 Å². The van der Waals surface area contributed by atoms with Gasteiger partial charge >= 0.3 is 0 Å². The first-order valence-electron chi connectivity index (χ1n) is 4.41. The number of rotatable bonds is 5. The van der Waals surface area contributed by atoms with Crippen molar-refractivity contribution in [2.45, 2.75) is 39.2 Å². The van der Waals surface area contributed by atoms with Gasteiger partial charge in [0, 0.05) is 18.9 Å². The summed E-state index contributed by atoms with van der Waals surface area (Å²) in [5.41, 5.74) is 0. The molecule has 0 atom stereocenters. The van der Waals surface area contributed by atoms with Crippen LogP contribution in [-0.4, -0.2) is 9.78 Å². The Labute approximate surface area is 80.4 Å². The van der Waals surface area contributed by atoms with Crippen LogP contribution in [0.2, 0.25) is 0 Å². The summed E-state index contributed by atoms with van der Waals surface area (Å²) in [4.78, 5) is 0. The predicted octanol–water partition coefficient (Wildman–Crippen LogP) is 2.89. The molecule has 1 aromatic rings. The van der Waals surface area contributed by atoms with Crippen LogP contribution in [0.5, 0.6) is 0 Å². The number of aryl methyl sites for hydroxylation is 1. The Kier molecular flexibility index (Phi) is 6.87. The van der Waals surface area contributed by atoms with Gasteiger partial charge in [-0.2, -0.15) is 5.10 Å². The van der Waals surface area contributed by atoms with Crippen molar-refractivity contribution < 1.29 is 0 Å². The maximum Gasteiger partial charge on any atom is 0.0489 e. The van der Waals surface area contributed by atoms with Crippen molar-refractivity contribution in [3.05, 3.63) is 18.5 Å². The summed E-state index contributed by atoms with van der Waals surface area (Å²) < 4.78 is 2.00. The number of nitrogens with zero attached hydrogens (tertiary/aromatic N) is 2. The number of aromatic nitrogens is 2. The fourth-order valence-corrected chi connectivity index (χ4v) is 1.13. The van der Waals surface area contributed by atoms with Crippen LogP contribution in [0, 0.1) is 0 Å². The molecule has 0 amide bonds. The van der Waals surface area contributed by atoms with E-state index in [1.54, 1.807) is 0 Å². The zero-order valence-electron chi connectivity index (χ0n) is 7.57. The van der Waals surface area contributed by atoms with Crippen LogP contribution in [-0.2, 0) is 6.54 Å². The monoisotopic (exact) mass is 188 g/mol. The highest BCUT2D eigenvalue weighted by Crippen LogP contribution is 2.00. The van der Waals surface area contributed by atoms with Crippen LogP contribution >= 0.6 is 12.4 Å². The molecule has 0 saturated carbocycles. The summed E-state index contributed by atoms with van der Waals surface area (Å²) in [7, 11) is 0. The molecule has 0 unspecified atom stereocenters. The predicted molar refractivity (Wildman–Crippen MR) is 53.6 cm³/mol. The molecule has 3 heteroatoms. The molecule has 12 heavy (non-hydrogen) atoms. The van der Waals surface area contributed by atoms with Crippen LogP contribution in [0.3, 0.4) is 0 Å². The van der Waals surface area contributed by atoms with Gasteiger partial charge in [0.2, 0.25) is 0 Å². The van der Waals surface area contributed by atoms with Crippen molar-refractivity contribution >= 4 is 12.4 Å². The van der Waals surface area contributed by atoms with Gasteiger partial charge in [-0.1, -0.05) is 26.2 Å². The van der Waals surface area contributed by atoms with Gasteiger partial charge in [-0.05, 0) is 12.5 Å². The Morgan fingerprint density at radius 3 is 2.67 bits per heavy atom. The van der Waals surface area contributed by atoms with E-state index in [9.17, 15) is 0 Å². The zero-order chi connectivity index (χ0) is 7.94. The Hall–Kier alpha value is -0.500. The largest absolute Gasteiger partial charge is 0.273 e. The highest BCUT2D eigenvalue weighted by molar-refractivity contribution is 5.85. The molecule has 0 aliphatic rings. The third-order valence-corrected chi connectivity index (χ3v) is 1.80. The number of unbranched alkanes of at least 4 members (excludes halogenated alkanes) is 3. The summed E-state index contributed by atoms with van der Waals surface area (Å²) in [6.07, 6.45) is 9.10. The van der Waals surface area contributed by atoms with E-state index in [1.807, 2.05) is 23.1 Å². The molecule has 1 rings (SSSR count). The van der Waals surface area contributed by atoms with Gasteiger partial charge in [-0.3, -0.25) is 4.68 Å². The summed E-state index contributed by atoms with van der Waals surface area (Å²) in [5.74, 6) is 0. The third-order valence-electron chi connectivity index (χ3n) is 1.80. The standard InChI is InChI=1S/C9H16N2.ClH/c1-2-3-4-5-8-11-9-6-7-10-11;/h6-7,9H,2-5,8H2,1H3;1H. The average molecular weight is 189 g/mol. The Morgan fingerprint density at radius 2 is 2.08 bits per heavy atom. The topological polar surface area (TPSA) is 17.8 Å². The van der Waals surface area contributed by atoms with Crippen LogP contribution in [0.1, 0.15) is 32.6 Å². The molecule has 0 radical (unpaired) electrons. The van der Waals surface area contributed by atoms with Crippen LogP contribution in [0.15, 0.2) is 18.5 Å². The number of hydrogen-bond acceptors (Lipinski definition) is 1. The van der Waals surface area contributed by atoms with Crippen molar-refractivity contribution in [1.82, 2.24) is 9.78 Å². The third kappa shape index (κ3) is 4.39. The summed E-state index contributed by atoms with van der Waals surface area (Å²) in [6.45, 7) is 3.31. The second-order valence-corrected chi connectivity index (χ2v) is 2.83. The summed E-state index contributed by atoms with van der Waals surface area (Å²) >= 11 is 0. The quantitative estimate of drug-likeness (QED) is 0.650. The lowest BCUT2D eigenvalue weighted by atomic mass is 10.2. The molecule has 0 fully saturated rings. The highest BCUT2D eigenvalue weighted by Gasteiger charge is 1.89. The Bertz CT molecular complexity index is 173. The van der Waals surface area contributed by atoms with E-state index in [0.717, 1.165) is 6.54 Å². The fourth-order valence-electron chi connectivity index (χ4n) is 1.13. The van der Waals surface area contributed by atoms with Gasteiger partial charge in [-0.25, -0.2) is 0 Å². The molecule has 0 aliphatic carbocycles. The molecule has 70 valence electrons. The lowest BCUT2D eigenvalue weighted by Gasteiger charge is -1.99. The SMILES string of the molecule is CCCCCCn1cccn1.Cl.